The quantitative estimate of drug-likeness (QED) is 0.205. The first-order valence-corrected chi connectivity index (χ1v) is 21.7. The fourth-order valence-corrected chi connectivity index (χ4v) is 13.1. The monoisotopic (exact) mass is 806 g/mol. The van der Waals surface area contributed by atoms with E-state index in [1.165, 1.54) is 6.92 Å². The zero-order valence-corrected chi connectivity index (χ0v) is 34.5. The molecule has 322 valence electrons. The predicted octanol–water partition coefficient (Wildman–Crippen LogP) is 3.82. The molecule has 4 aliphatic carbocycles. The van der Waals surface area contributed by atoms with Crippen molar-refractivity contribution in [1.82, 2.24) is 0 Å². The molecule has 4 aliphatic heterocycles. The molecule has 3 saturated heterocycles. The second-order valence-corrected chi connectivity index (χ2v) is 19.3. The van der Waals surface area contributed by atoms with E-state index in [1.807, 2.05) is 6.92 Å². The van der Waals surface area contributed by atoms with Crippen LogP contribution in [0.4, 0.5) is 0 Å². The molecule has 20 atom stereocenters. The lowest BCUT2D eigenvalue weighted by molar-refractivity contribution is -0.336. The third-order valence-electron chi connectivity index (χ3n) is 16.2. The molecule has 0 aromatic carbocycles. The Hall–Kier alpha value is -1.72. The molecule has 8 rings (SSSR count). The lowest BCUT2D eigenvalue weighted by Crippen LogP contribution is -2.62. The van der Waals surface area contributed by atoms with Crippen molar-refractivity contribution in [3.63, 3.8) is 0 Å². The van der Waals surface area contributed by atoms with Gasteiger partial charge in [-0.05, 0) is 113 Å². The lowest BCUT2D eigenvalue weighted by Gasteiger charge is -2.64. The molecular weight excluding hydrogens is 740 g/mol. The minimum Gasteiger partial charge on any atom is -0.459 e. The number of hydrogen-bond acceptors (Lipinski definition) is 14. The topological polar surface area (TPSA) is 189 Å². The number of cyclic esters (lactones) is 1. The summed E-state index contributed by atoms with van der Waals surface area (Å²) in [6, 6.07) is 0. The van der Waals surface area contributed by atoms with Gasteiger partial charge < -0.3 is 58.3 Å². The first kappa shape index (κ1) is 42.0. The third-order valence-corrected chi connectivity index (χ3v) is 16.2. The second-order valence-electron chi connectivity index (χ2n) is 19.3. The normalized spacial score (nSPS) is 52.6. The van der Waals surface area contributed by atoms with Gasteiger partial charge in [0.2, 0.25) is 0 Å². The Labute approximate surface area is 336 Å². The Balaban J connectivity index is 0.819. The number of ether oxygens (including phenoxy) is 8. The van der Waals surface area contributed by atoms with Crippen molar-refractivity contribution >= 4 is 11.9 Å². The Morgan fingerprint density at radius 3 is 2.00 bits per heavy atom. The van der Waals surface area contributed by atoms with Crippen molar-refractivity contribution in [2.45, 2.75) is 204 Å². The molecule has 14 nitrogen and oxygen atoms in total. The first-order chi connectivity index (χ1) is 27.0. The molecule has 7 fully saturated rings. The van der Waals surface area contributed by atoms with Crippen molar-refractivity contribution in [3.05, 3.63) is 11.6 Å². The number of aliphatic hydroxyl groups is 4. The highest BCUT2D eigenvalue weighted by Gasteiger charge is 2.68. The predicted molar refractivity (Wildman–Crippen MR) is 201 cm³/mol. The van der Waals surface area contributed by atoms with Gasteiger partial charge in [0.15, 0.2) is 18.9 Å². The van der Waals surface area contributed by atoms with Crippen molar-refractivity contribution in [3.8, 4) is 0 Å². The van der Waals surface area contributed by atoms with E-state index >= 15 is 0 Å². The molecule has 0 unspecified atom stereocenters. The SMILES string of the molecule is CC(=O)O[C@@H]1C[C@H](O[C@H]2[C@H](O)C[C@H](O[C@H]3[C@H](O)C[C@H](O[C@H]4CC[C@@]5(C)[C@H](CC[C@H]6[C@H]5CC[C@]5(C)[C@@H](C7=CC(=O)OC7)CC[C@]65O)C4)O[C@@H]3C)O[C@@H]2C)O[C@H](C)[C@H]1O. The van der Waals surface area contributed by atoms with E-state index in [0.717, 1.165) is 63.4 Å². The Morgan fingerprint density at radius 2 is 1.39 bits per heavy atom. The van der Waals surface area contributed by atoms with Crippen LogP contribution in [0.5, 0.6) is 0 Å². The number of aliphatic hydroxyl groups excluding tert-OH is 3. The van der Waals surface area contributed by atoms with E-state index in [1.54, 1.807) is 19.9 Å². The number of hydrogen-bond donors (Lipinski definition) is 4. The fraction of sp³-hybridized carbons (Fsp3) is 0.907. The average molecular weight is 807 g/mol. The van der Waals surface area contributed by atoms with E-state index in [9.17, 15) is 30.0 Å². The molecular formula is C43H66O14. The van der Waals surface area contributed by atoms with E-state index in [4.69, 9.17) is 37.9 Å². The minimum atomic E-state index is -0.992. The molecule has 14 heteroatoms. The molecule has 4 N–H and O–H groups in total. The molecule has 4 heterocycles. The van der Waals surface area contributed by atoms with Crippen molar-refractivity contribution in [2.24, 2.45) is 34.5 Å². The first-order valence-electron chi connectivity index (χ1n) is 21.7. The molecule has 0 spiro atoms. The van der Waals surface area contributed by atoms with Crippen LogP contribution in [0.25, 0.3) is 0 Å². The summed E-state index contributed by atoms with van der Waals surface area (Å²) >= 11 is 0. The number of rotatable bonds is 8. The third kappa shape index (κ3) is 7.65. The van der Waals surface area contributed by atoms with E-state index in [-0.39, 0.29) is 54.0 Å². The Kier molecular flexibility index (Phi) is 11.8. The Bertz CT molecular complexity index is 1500. The van der Waals surface area contributed by atoms with Crippen LogP contribution in [0.1, 0.15) is 119 Å². The van der Waals surface area contributed by atoms with Gasteiger partial charge in [-0.3, -0.25) is 4.79 Å². The maximum Gasteiger partial charge on any atom is 0.331 e. The van der Waals surface area contributed by atoms with E-state index < -0.39 is 85.4 Å². The number of fused-ring (bicyclic) bond motifs is 5. The number of carbonyl (C=O) groups excluding carboxylic acids is 2. The summed E-state index contributed by atoms with van der Waals surface area (Å²) in [5, 5.41) is 45.4. The lowest BCUT2D eigenvalue weighted by atomic mass is 9.43. The molecule has 4 saturated carbocycles. The standard InChI is InChI=1S/C43H66O14/c1-21-38(48)33(54-24(4)44)19-37(51-21)57-40-23(3)53-36(18-32(40)46)56-39-22(2)52-35(17-31(39)45)55-27-9-12-41(5)26(16-27)7-8-30-29(41)10-13-42(6)28(11-14-43(30,42)49)25-15-34(47)50-20-25/h15,21-23,26-33,35-40,45-46,48-49H,7-14,16-20H2,1-6H3/t21-,22-,23-,26-,27+,28-,29-,30+,31-,32-,33-,35+,36+,37+,38-,39-,40-,41+,42-,43+/m1/s1. The van der Waals surface area contributed by atoms with E-state index in [0.29, 0.717) is 18.4 Å². The molecule has 0 bridgehead atoms. The van der Waals surface area contributed by atoms with Gasteiger partial charge in [-0.2, -0.15) is 0 Å². The highest BCUT2D eigenvalue weighted by Crippen LogP contribution is 2.70. The van der Waals surface area contributed by atoms with Gasteiger partial charge in [-0.25, -0.2) is 4.79 Å². The van der Waals surface area contributed by atoms with Gasteiger partial charge in [0.1, 0.15) is 31.0 Å². The van der Waals surface area contributed by atoms with Crippen LogP contribution in [0.3, 0.4) is 0 Å². The smallest absolute Gasteiger partial charge is 0.331 e. The van der Waals surface area contributed by atoms with E-state index in [2.05, 4.69) is 13.8 Å². The Morgan fingerprint density at radius 1 is 0.754 bits per heavy atom. The van der Waals surface area contributed by atoms with Crippen LogP contribution in [0.15, 0.2) is 11.6 Å². The molecule has 0 amide bonds. The highest BCUT2D eigenvalue weighted by atomic mass is 16.7. The summed E-state index contributed by atoms with van der Waals surface area (Å²) in [7, 11) is 0. The van der Waals surface area contributed by atoms with Crippen molar-refractivity contribution in [1.29, 1.82) is 0 Å². The van der Waals surface area contributed by atoms with Gasteiger partial charge in [-0.1, -0.05) is 13.8 Å². The second kappa shape index (κ2) is 16.0. The van der Waals surface area contributed by atoms with Crippen LogP contribution >= 0.6 is 0 Å². The van der Waals surface area contributed by atoms with Crippen LogP contribution in [0.2, 0.25) is 0 Å². The zero-order valence-electron chi connectivity index (χ0n) is 34.5. The summed E-state index contributed by atoms with van der Waals surface area (Å²) in [5.41, 5.74) is 0.189. The largest absolute Gasteiger partial charge is 0.459 e. The van der Waals surface area contributed by atoms with Crippen LogP contribution in [-0.4, -0.2) is 124 Å². The summed E-state index contributed by atoms with van der Waals surface area (Å²) in [4.78, 5) is 23.5. The van der Waals surface area contributed by atoms with Crippen molar-refractivity contribution in [2.75, 3.05) is 6.61 Å². The zero-order chi connectivity index (χ0) is 40.6. The van der Waals surface area contributed by atoms with Gasteiger partial charge in [0.25, 0.3) is 0 Å². The summed E-state index contributed by atoms with van der Waals surface area (Å²) in [5.74, 6) is 0.591. The highest BCUT2D eigenvalue weighted by molar-refractivity contribution is 5.85. The average Bonchev–Trinajstić information content (AvgIpc) is 3.69. The van der Waals surface area contributed by atoms with Gasteiger partial charge in [0, 0.05) is 37.7 Å². The van der Waals surface area contributed by atoms with Crippen LogP contribution < -0.4 is 0 Å². The molecule has 57 heavy (non-hydrogen) atoms. The maximum absolute atomic E-state index is 12.6. The summed E-state index contributed by atoms with van der Waals surface area (Å²) in [6.45, 7) is 11.7. The molecule has 0 aromatic rings. The maximum atomic E-state index is 12.6. The minimum absolute atomic E-state index is 0.0134. The van der Waals surface area contributed by atoms with Gasteiger partial charge in [-0.15, -0.1) is 0 Å². The van der Waals surface area contributed by atoms with Gasteiger partial charge >= 0.3 is 11.9 Å². The molecule has 0 radical (unpaired) electrons. The summed E-state index contributed by atoms with van der Waals surface area (Å²) < 4.78 is 47.8. The molecule has 8 aliphatic rings. The van der Waals surface area contributed by atoms with Crippen molar-refractivity contribution < 1.29 is 67.9 Å². The van der Waals surface area contributed by atoms with Crippen LogP contribution in [0, 0.1) is 34.5 Å². The van der Waals surface area contributed by atoms with Crippen LogP contribution in [-0.2, 0) is 47.5 Å². The fourth-order valence-electron chi connectivity index (χ4n) is 13.1. The summed E-state index contributed by atoms with van der Waals surface area (Å²) in [6.07, 6.45) is 1.76. The number of carbonyl (C=O) groups is 2. The molecule has 0 aromatic heterocycles. The van der Waals surface area contributed by atoms with Gasteiger partial charge in [0.05, 0.1) is 42.2 Å². The number of esters is 2.